The van der Waals surface area contributed by atoms with Crippen molar-refractivity contribution in [3.05, 3.63) is 42.2 Å². The van der Waals surface area contributed by atoms with Gasteiger partial charge in [0.05, 0.1) is 25.0 Å². The standard InChI is InChI=1S/C21H30N6O2.HI/c1-4-11-29-19-8-6-7-17(12-19)13-23-21(22-5-2)26-9-10-27(20(28)16-26)18-14-24-25(3)15-18;/h6-8,12,14-15H,4-5,9-11,13,16H2,1-3H3,(H,22,23);1H. The van der Waals surface area contributed by atoms with Crippen LogP contribution in [0.5, 0.6) is 5.75 Å². The highest BCUT2D eigenvalue weighted by atomic mass is 127. The molecule has 1 aliphatic rings. The number of piperazine rings is 1. The molecule has 164 valence electrons. The second kappa shape index (κ2) is 11.8. The van der Waals surface area contributed by atoms with Gasteiger partial charge in [0.1, 0.15) is 12.3 Å². The van der Waals surface area contributed by atoms with Crippen LogP contribution in [-0.2, 0) is 18.4 Å². The minimum Gasteiger partial charge on any atom is -0.494 e. The van der Waals surface area contributed by atoms with E-state index in [4.69, 9.17) is 9.73 Å². The first-order valence-corrected chi connectivity index (χ1v) is 10.1. The van der Waals surface area contributed by atoms with Crippen LogP contribution in [0.2, 0.25) is 0 Å². The molecule has 2 heterocycles. The van der Waals surface area contributed by atoms with Gasteiger partial charge in [0.2, 0.25) is 5.91 Å². The molecule has 1 saturated heterocycles. The molecule has 1 fully saturated rings. The lowest BCUT2D eigenvalue weighted by Gasteiger charge is -2.35. The van der Waals surface area contributed by atoms with Gasteiger partial charge in [-0.25, -0.2) is 4.99 Å². The molecule has 1 N–H and O–H groups in total. The molecule has 1 amide bonds. The van der Waals surface area contributed by atoms with Crippen LogP contribution in [0.4, 0.5) is 5.69 Å². The van der Waals surface area contributed by atoms with Gasteiger partial charge in [0, 0.05) is 32.9 Å². The van der Waals surface area contributed by atoms with E-state index in [0.717, 1.165) is 35.9 Å². The van der Waals surface area contributed by atoms with Crippen molar-refractivity contribution in [3.63, 3.8) is 0 Å². The maximum absolute atomic E-state index is 12.7. The van der Waals surface area contributed by atoms with Crippen LogP contribution in [0.1, 0.15) is 25.8 Å². The fourth-order valence-electron chi connectivity index (χ4n) is 3.22. The highest BCUT2D eigenvalue weighted by Gasteiger charge is 2.27. The Balaban J connectivity index is 0.00000320. The van der Waals surface area contributed by atoms with E-state index in [1.807, 2.05) is 49.3 Å². The summed E-state index contributed by atoms with van der Waals surface area (Å²) in [5, 5.41) is 7.47. The highest BCUT2D eigenvalue weighted by Crippen LogP contribution is 2.17. The van der Waals surface area contributed by atoms with Crippen molar-refractivity contribution < 1.29 is 9.53 Å². The first-order chi connectivity index (χ1) is 14.1. The quantitative estimate of drug-likeness (QED) is 0.341. The molecular weight excluding hydrogens is 495 g/mol. The number of hydrogen-bond acceptors (Lipinski definition) is 4. The Bertz CT molecular complexity index is 854. The number of amides is 1. The van der Waals surface area contributed by atoms with Crippen LogP contribution in [0.3, 0.4) is 0 Å². The van der Waals surface area contributed by atoms with Crippen LogP contribution in [-0.4, -0.2) is 59.3 Å². The van der Waals surface area contributed by atoms with Gasteiger partial charge in [0.15, 0.2) is 5.96 Å². The Kier molecular flexibility index (Phi) is 9.41. The van der Waals surface area contributed by atoms with Gasteiger partial charge in [-0.15, -0.1) is 24.0 Å². The average Bonchev–Trinajstić information content (AvgIpc) is 3.15. The monoisotopic (exact) mass is 526 g/mol. The second-order valence-corrected chi connectivity index (χ2v) is 7.01. The number of carbonyl (C=O) groups is 1. The smallest absolute Gasteiger partial charge is 0.246 e. The predicted molar refractivity (Wildman–Crippen MR) is 130 cm³/mol. The number of ether oxygens (including phenoxy) is 1. The van der Waals surface area contributed by atoms with Crippen molar-refractivity contribution >= 4 is 41.5 Å². The molecule has 8 nitrogen and oxygen atoms in total. The summed E-state index contributed by atoms with van der Waals surface area (Å²) in [4.78, 5) is 21.2. The third-order valence-electron chi connectivity index (χ3n) is 4.64. The number of nitrogens with zero attached hydrogens (tertiary/aromatic N) is 5. The molecule has 1 aromatic heterocycles. The number of anilines is 1. The van der Waals surface area contributed by atoms with E-state index >= 15 is 0 Å². The topological polar surface area (TPSA) is 75.0 Å². The van der Waals surface area contributed by atoms with E-state index in [1.54, 1.807) is 15.8 Å². The number of halogens is 1. The molecule has 30 heavy (non-hydrogen) atoms. The summed E-state index contributed by atoms with van der Waals surface area (Å²) in [5.74, 6) is 1.67. The number of aryl methyl sites for hydroxylation is 1. The molecule has 1 aliphatic heterocycles. The van der Waals surface area contributed by atoms with Gasteiger partial charge >= 0.3 is 0 Å². The molecule has 0 atom stereocenters. The molecular formula is C21H31IN6O2. The zero-order valence-corrected chi connectivity index (χ0v) is 20.2. The summed E-state index contributed by atoms with van der Waals surface area (Å²) in [6, 6.07) is 8.01. The van der Waals surface area contributed by atoms with Gasteiger partial charge in [-0.05, 0) is 31.0 Å². The lowest BCUT2D eigenvalue weighted by Crippen LogP contribution is -2.55. The Labute approximate surface area is 195 Å². The van der Waals surface area contributed by atoms with Crippen LogP contribution >= 0.6 is 24.0 Å². The fourth-order valence-corrected chi connectivity index (χ4v) is 3.22. The Hall–Kier alpha value is -2.30. The van der Waals surface area contributed by atoms with E-state index in [9.17, 15) is 4.79 Å². The number of hydrogen-bond donors (Lipinski definition) is 1. The van der Waals surface area contributed by atoms with E-state index in [0.29, 0.717) is 32.8 Å². The van der Waals surface area contributed by atoms with Crippen molar-refractivity contribution in [1.82, 2.24) is 20.0 Å². The lowest BCUT2D eigenvalue weighted by atomic mass is 10.2. The largest absolute Gasteiger partial charge is 0.494 e. The van der Waals surface area contributed by atoms with Gasteiger partial charge < -0.3 is 19.9 Å². The van der Waals surface area contributed by atoms with Crippen molar-refractivity contribution in [2.24, 2.45) is 12.0 Å². The summed E-state index contributed by atoms with van der Waals surface area (Å²) >= 11 is 0. The third-order valence-corrected chi connectivity index (χ3v) is 4.64. The molecule has 0 spiro atoms. The average molecular weight is 526 g/mol. The number of carbonyl (C=O) groups excluding carboxylic acids is 1. The summed E-state index contributed by atoms with van der Waals surface area (Å²) < 4.78 is 7.41. The lowest BCUT2D eigenvalue weighted by molar-refractivity contribution is -0.120. The molecule has 0 aliphatic carbocycles. The number of nitrogens with one attached hydrogen (secondary N) is 1. The number of guanidine groups is 1. The summed E-state index contributed by atoms with van der Waals surface area (Å²) in [5.41, 5.74) is 1.91. The highest BCUT2D eigenvalue weighted by molar-refractivity contribution is 14.0. The number of aliphatic imine (C=N–C) groups is 1. The Morgan fingerprint density at radius 2 is 2.13 bits per heavy atom. The predicted octanol–water partition coefficient (Wildman–Crippen LogP) is 2.64. The van der Waals surface area contributed by atoms with E-state index in [2.05, 4.69) is 17.3 Å². The van der Waals surface area contributed by atoms with E-state index in [1.165, 1.54) is 0 Å². The SMILES string of the molecule is CCCOc1cccc(CN=C(NCC)N2CCN(c3cnn(C)c3)C(=O)C2)c1.I. The molecule has 9 heteroatoms. The zero-order valence-electron chi connectivity index (χ0n) is 17.9. The second-order valence-electron chi connectivity index (χ2n) is 7.01. The maximum Gasteiger partial charge on any atom is 0.246 e. The van der Waals surface area contributed by atoms with Crippen molar-refractivity contribution in [2.75, 3.05) is 37.7 Å². The number of benzene rings is 1. The van der Waals surface area contributed by atoms with Gasteiger partial charge in [-0.1, -0.05) is 19.1 Å². The van der Waals surface area contributed by atoms with Crippen LogP contribution in [0.25, 0.3) is 0 Å². The third kappa shape index (κ3) is 6.35. The van der Waals surface area contributed by atoms with Gasteiger partial charge in [-0.2, -0.15) is 5.10 Å². The molecule has 0 unspecified atom stereocenters. The summed E-state index contributed by atoms with van der Waals surface area (Å²) in [7, 11) is 1.85. The number of rotatable bonds is 7. The first kappa shape index (κ1) is 24.0. The van der Waals surface area contributed by atoms with Gasteiger partial charge in [-0.3, -0.25) is 9.48 Å². The van der Waals surface area contributed by atoms with E-state index < -0.39 is 0 Å². The minimum atomic E-state index is 0. The molecule has 0 radical (unpaired) electrons. The fraction of sp³-hybridized carbons (Fsp3) is 0.476. The molecule has 1 aromatic carbocycles. The molecule has 2 aromatic rings. The molecule has 0 saturated carbocycles. The van der Waals surface area contributed by atoms with Crippen LogP contribution in [0, 0.1) is 0 Å². The van der Waals surface area contributed by atoms with Crippen LogP contribution < -0.4 is 15.0 Å². The summed E-state index contributed by atoms with van der Waals surface area (Å²) in [6.07, 6.45) is 4.56. The normalized spacial score (nSPS) is 14.5. The van der Waals surface area contributed by atoms with E-state index in [-0.39, 0.29) is 29.9 Å². The maximum atomic E-state index is 12.7. The summed E-state index contributed by atoms with van der Waals surface area (Å²) in [6.45, 7) is 7.72. The van der Waals surface area contributed by atoms with Crippen molar-refractivity contribution in [1.29, 1.82) is 0 Å². The van der Waals surface area contributed by atoms with Crippen molar-refractivity contribution in [2.45, 2.75) is 26.8 Å². The van der Waals surface area contributed by atoms with Crippen molar-refractivity contribution in [3.8, 4) is 5.75 Å². The minimum absolute atomic E-state index is 0. The van der Waals surface area contributed by atoms with Crippen LogP contribution in [0.15, 0.2) is 41.7 Å². The van der Waals surface area contributed by atoms with Gasteiger partial charge in [0.25, 0.3) is 0 Å². The molecule has 0 bridgehead atoms. The molecule has 3 rings (SSSR count). The Morgan fingerprint density at radius 1 is 1.30 bits per heavy atom. The number of aromatic nitrogens is 2. The zero-order chi connectivity index (χ0) is 20.6. The Morgan fingerprint density at radius 3 is 2.80 bits per heavy atom. The first-order valence-electron chi connectivity index (χ1n) is 10.1.